The van der Waals surface area contributed by atoms with Gasteiger partial charge in [-0.15, -0.1) is 0 Å². The standard InChI is InChI=1S/C14H11Cl2N3O2S/c1-22-14-18-11-7(13(21)19-14)5-6(12(20)17-11)10-8(15)3-2-4-9(10)16/h2-4,6H,5H2,1H3,(H2,17,18,19,20,21). The molecule has 3 rings (SSSR count). The number of nitrogens with zero attached hydrogens (tertiary/aromatic N) is 1. The summed E-state index contributed by atoms with van der Waals surface area (Å²) >= 11 is 13.6. The van der Waals surface area contributed by atoms with Crippen molar-refractivity contribution in [1.29, 1.82) is 0 Å². The van der Waals surface area contributed by atoms with Gasteiger partial charge in [-0.1, -0.05) is 41.0 Å². The topological polar surface area (TPSA) is 74.8 Å². The van der Waals surface area contributed by atoms with E-state index < -0.39 is 5.92 Å². The lowest BCUT2D eigenvalue weighted by Crippen LogP contribution is -2.34. The number of rotatable bonds is 2. The number of thioether (sulfide) groups is 1. The zero-order valence-electron chi connectivity index (χ0n) is 11.4. The lowest BCUT2D eigenvalue weighted by atomic mass is 9.89. The van der Waals surface area contributed by atoms with Crippen LogP contribution in [0, 0.1) is 0 Å². The number of benzene rings is 1. The molecule has 1 amide bonds. The maximum atomic E-state index is 12.4. The SMILES string of the molecule is CSc1nc2c(c(=O)[nH]1)CC(c1c(Cl)cccc1Cl)C(=O)N2. The van der Waals surface area contributed by atoms with Gasteiger partial charge < -0.3 is 10.3 Å². The predicted octanol–water partition coefficient (Wildman–Crippen LogP) is 3.08. The van der Waals surface area contributed by atoms with E-state index in [1.807, 2.05) is 0 Å². The number of nitrogens with one attached hydrogen (secondary N) is 2. The van der Waals surface area contributed by atoms with E-state index >= 15 is 0 Å². The number of halogens is 2. The van der Waals surface area contributed by atoms with Gasteiger partial charge >= 0.3 is 0 Å². The van der Waals surface area contributed by atoms with Crippen LogP contribution in [0.15, 0.2) is 28.2 Å². The van der Waals surface area contributed by atoms with Crippen LogP contribution in [-0.2, 0) is 11.2 Å². The van der Waals surface area contributed by atoms with E-state index in [0.29, 0.717) is 32.1 Å². The Morgan fingerprint density at radius 3 is 2.59 bits per heavy atom. The van der Waals surface area contributed by atoms with E-state index in [1.54, 1.807) is 24.5 Å². The highest BCUT2D eigenvalue weighted by atomic mass is 35.5. The van der Waals surface area contributed by atoms with Crippen molar-refractivity contribution in [3.63, 3.8) is 0 Å². The molecule has 0 bridgehead atoms. The molecule has 22 heavy (non-hydrogen) atoms. The van der Waals surface area contributed by atoms with Crippen molar-refractivity contribution in [2.75, 3.05) is 11.6 Å². The Bertz CT molecular complexity index is 802. The summed E-state index contributed by atoms with van der Waals surface area (Å²) in [5.41, 5.74) is 0.697. The summed E-state index contributed by atoms with van der Waals surface area (Å²) in [6, 6.07) is 5.05. The molecule has 114 valence electrons. The van der Waals surface area contributed by atoms with Crippen LogP contribution in [0.5, 0.6) is 0 Å². The Morgan fingerprint density at radius 1 is 1.27 bits per heavy atom. The van der Waals surface area contributed by atoms with E-state index in [9.17, 15) is 9.59 Å². The molecule has 2 heterocycles. The van der Waals surface area contributed by atoms with E-state index in [1.165, 1.54) is 11.8 Å². The first-order valence-corrected chi connectivity index (χ1v) is 8.41. The Labute approximate surface area is 140 Å². The number of hydrogen-bond donors (Lipinski definition) is 2. The van der Waals surface area contributed by atoms with E-state index in [0.717, 1.165) is 0 Å². The van der Waals surface area contributed by atoms with Gasteiger partial charge in [-0.25, -0.2) is 4.98 Å². The summed E-state index contributed by atoms with van der Waals surface area (Å²) in [5, 5.41) is 3.94. The fourth-order valence-corrected chi connectivity index (χ4v) is 3.48. The summed E-state index contributed by atoms with van der Waals surface area (Å²) in [6.07, 6.45) is 2.00. The molecule has 1 atom stereocenters. The second kappa shape index (κ2) is 5.95. The minimum absolute atomic E-state index is 0.210. The number of carbonyl (C=O) groups is 1. The molecule has 0 radical (unpaired) electrons. The second-order valence-electron chi connectivity index (χ2n) is 4.78. The van der Waals surface area contributed by atoms with Gasteiger partial charge in [-0.3, -0.25) is 9.59 Å². The first kappa shape index (κ1) is 15.4. The summed E-state index contributed by atoms with van der Waals surface area (Å²) in [7, 11) is 0. The number of carbonyl (C=O) groups excluding carboxylic acids is 1. The van der Waals surface area contributed by atoms with Crippen molar-refractivity contribution in [2.24, 2.45) is 0 Å². The molecular weight excluding hydrogens is 345 g/mol. The van der Waals surface area contributed by atoms with Crippen LogP contribution in [-0.4, -0.2) is 22.1 Å². The van der Waals surface area contributed by atoms with Crippen molar-refractivity contribution in [3.05, 3.63) is 49.7 Å². The molecule has 8 heteroatoms. The molecule has 5 nitrogen and oxygen atoms in total. The Balaban J connectivity index is 2.09. The third kappa shape index (κ3) is 2.62. The number of fused-ring (bicyclic) bond motifs is 1. The lowest BCUT2D eigenvalue weighted by molar-refractivity contribution is -0.117. The van der Waals surface area contributed by atoms with Gasteiger partial charge in [0.15, 0.2) is 5.16 Å². The summed E-state index contributed by atoms with van der Waals surface area (Å²) < 4.78 is 0. The average Bonchev–Trinajstić information content (AvgIpc) is 2.47. The number of aromatic amines is 1. The smallest absolute Gasteiger partial charge is 0.256 e. The Kier molecular flexibility index (Phi) is 4.16. The van der Waals surface area contributed by atoms with Crippen molar-refractivity contribution in [3.8, 4) is 0 Å². The van der Waals surface area contributed by atoms with Crippen LogP contribution in [0.3, 0.4) is 0 Å². The van der Waals surface area contributed by atoms with Gasteiger partial charge in [-0.2, -0.15) is 0 Å². The molecule has 1 aliphatic heterocycles. The summed E-state index contributed by atoms with van der Waals surface area (Å²) in [5.74, 6) is -0.582. The Hall–Kier alpha value is -1.50. The molecule has 2 N–H and O–H groups in total. The quantitative estimate of drug-likeness (QED) is 0.641. The van der Waals surface area contributed by atoms with Crippen LogP contribution < -0.4 is 10.9 Å². The second-order valence-corrected chi connectivity index (χ2v) is 6.39. The van der Waals surface area contributed by atoms with Crippen LogP contribution in [0.25, 0.3) is 0 Å². The van der Waals surface area contributed by atoms with E-state index in [-0.39, 0.29) is 17.9 Å². The third-order valence-corrected chi connectivity index (χ3v) is 4.74. The van der Waals surface area contributed by atoms with Crippen molar-refractivity contribution >= 4 is 46.7 Å². The van der Waals surface area contributed by atoms with Gasteiger partial charge in [0.05, 0.1) is 11.5 Å². The van der Waals surface area contributed by atoms with Crippen molar-refractivity contribution < 1.29 is 4.79 Å². The normalized spacial score (nSPS) is 17.0. The number of aromatic nitrogens is 2. The van der Waals surface area contributed by atoms with E-state index in [4.69, 9.17) is 23.2 Å². The molecule has 1 aromatic heterocycles. The highest BCUT2D eigenvalue weighted by Gasteiger charge is 2.33. The van der Waals surface area contributed by atoms with Gasteiger partial charge in [0.2, 0.25) is 5.91 Å². The van der Waals surface area contributed by atoms with Gasteiger partial charge in [-0.05, 0) is 24.8 Å². The van der Waals surface area contributed by atoms with Gasteiger partial charge in [0.25, 0.3) is 5.56 Å². The fourth-order valence-electron chi connectivity index (χ4n) is 2.44. The zero-order valence-corrected chi connectivity index (χ0v) is 13.8. The first-order chi connectivity index (χ1) is 10.5. The van der Waals surface area contributed by atoms with Gasteiger partial charge in [0, 0.05) is 15.6 Å². The van der Waals surface area contributed by atoms with E-state index in [2.05, 4.69) is 15.3 Å². The maximum absolute atomic E-state index is 12.4. The minimum atomic E-state index is -0.614. The molecule has 0 fully saturated rings. The predicted molar refractivity (Wildman–Crippen MR) is 88.2 cm³/mol. The van der Waals surface area contributed by atoms with Crippen molar-refractivity contribution in [1.82, 2.24) is 9.97 Å². The molecule has 0 aliphatic carbocycles. The van der Waals surface area contributed by atoms with Crippen LogP contribution >= 0.6 is 35.0 Å². The molecule has 1 unspecified atom stereocenters. The zero-order chi connectivity index (χ0) is 15.9. The molecule has 2 aromatic rings. The average molecular weight is 356 g/mol. The number of H-pyrrole nitrogens is 1. The number of amides is 1. The van der Waals surface area contributed by atoms with Crippen LogP contribution in [0.2, 0.25) is 10.0 Å². The maximum Gasteiger partial charge on any atom is 0.256 e. The third-order valence-electron chi connectivity index (χ3n) is 3.50. The van der Waals surface area contributed by atoms with Gasteiger partial charge in [0.1, 0.15) is 5.82 Å². The molecule has 0 saturated carbocycles. The molecule has 1 aliphatic rings. The van der Waals surface area contributed by atoms with Crippen molar-refractivity contribution in [2.45, 2.75) is 17.5 Å². The fraction of sp³-hybridized carbons (Fsp3) is 0.214. The largest absolute Gasteiger partial charge is 0.310 e. The molecule has 1 aromatic carbocycles. The summed E-state index contributed by atoms with van der Waals surface area (Å²) in [6.45, 7) is 0. The monoisotopic (exact) mass is 355 g/mol. The van der Waals surface area contributed by atoms with Crippen LogP contribution in [0.1, 0.15) is 17.0 Å². The molecule has 0 spiro atoms. The highest BCUT2D eigenvalue weighted by Crippen LogP contribution is 2.37. The minimum Gasteiger partial charge on any atom is -0.310 e. The first-order valence-electron chi connectivity index (χ1n) is 6.43. The van der Waals surface area contributed by atoms with Crippen LogP contribution in [0.4, 0.5) is 5.82 Å². The lowest BCUT2D eigenvalue weighted by Gasteiger charge is -2.25. The summed E-state index contributed by atoms with van der Waals surface area (Å²) in [4.78, 5) is 31.5. The number of anilines is 1. The number of hydrogen-bond acceptors (Lipinski definition) is 4. The highest BCUT2D eigenvalue weighted by molar-refractivity contribution is 7.98. The Morgan fingerprint density at radius 2 is 1.95 bits per heavy atom. The molecule has 0 saturated heterocycles. The molecular formula is C14H11Cl2N3O2S.